The van der Waals surface area contributed by atoms with Crippen LogP contribution in [0.4, 0.5) is 8.78 Å². The molecule has 0 aliphatic rings. The van der Waals surface area contributed by atoms with Crippen LogP contribution in [0.25, 0.3) is 5.52 Å². The molecule has 2 heterocycles. The first-order valence-electron chi connectivity index (χ1n) is 4.21. The Kier molecular flexibility index (Phi) is 2.15. The van der Waals surface area contributed by atoms with Crippen LogP contribution in [0.3, 0.4) is 0 Å². The van der Waals surface area contributed by atoms with Gasteiger partial charge in [-0.3, -0.25) is 0 Å². The summed E-state index contributed by atoms with van der Waals surface area (Å²) in [5, 5.41) is 8.70. The first kappa shape index (κ1) is 9.64. The molecule has 2 aromatic heterocycles. The van der Waals surface area contributed by atoms with Gasteiger partial charge >= 0.3 is 5.97 Å². The summed E-state index contributed by atoms with van der Waals surface area (Å²) in [6.45, 7) is 0. The van der Waals surface area contributed by atoms with Gasteiger partial charge in [0.1, 0.15) is 0 Å². The third kappa shape index (κ3) is 1.68. The second kappa shape index (κ2) is 3.34. The molecule has 0 unspecified atom stereocenters. The van der Waals surface area contributed by atoms with Gasteiger partial charge in [-0.2, -0.15) is 0 Å². The molecule has 2 aromatic rings. The quantitative estimate of drug-likeness (QED) is 0.829. The molecule has 0 spiro atoms. The molecule has 0 aliphatic heterocycles. The largest absolute Gasteiger partial charge is 0.478 e. The number of carbonyl (C=O) groups is 1. The normalized spacial score (nSPS) is 11.1. The van der Waals surface area contributed by atoms with Crippen molar-refractivity contribution in [3.63, 3.8) is 0 Å². The van der Waals surface area contributed by atoms with Crippen molar-refractivity contribution in [3.8, 4) is 0 Å². The zero-order valence-electron chi connectivity index (χ0n) is 7.52. The van der Waals surface area contributed by atoms with Crippen molar-refractivity contribution in [1.29, 1.82) is 0 Å². The Morgan fingerprint density at radius 2 is 2.07 bits per heavy atom. The van der Waals surface area contributed by atoms with Gasteiger partial charge in [-0.1, -0.05) is 0 Å². The molecule has 0 saturated heterocycles. The molecule has 0 radical (unpaired) electrons. The number of hydrogen-bond donors (Lipinski definition) is 1. The van der Waals surface area contributed by atoms with E-state index in [2.05, 4.69) is 0 Å². The number of hydrogen-bond acceptors (Lipinski definition) is 1. The van der Waals surface area contributed by atoms with Gasteiger partial charge in [0.2, 0.25) is 0 Å². The van der Waals surface area contributed by atoms with Crippen LogP contribution in [0, 0.1) is 0 Å². The molecule has 0 fully saturated rings. The average Bonchev–Trinajstić information content (AvgIpc) is 2.59. The van der Waals surface area contributed by atoms with E-state index >= 15 is 0 Å². The Labute approximate surface area is 83.6 Å². The average molecular weight is 211 g/mol. The third-order valence-electron chi connectivity index (χ3n) is 2.11. The Bertz CT molecular complexity index is 519. The van der Waals surface area contributed by atoms with E-state index in [1.807, 2.05) is 0 Å². The van der Waals surface area contributed by atoms with Crippen LogP contribution in [0.2, 0.25) is 0 Å². The Morgan fingerprint density at radius 3 is 2.67 bits per heavy atom. The number of carboxylic acid groups (broad SMARTS) is 1. The fraction of sp³-hybridized carbons (Fsp3) is 0.100. The highest BCUT2D eigenvalue weighted by molar-refractivity contribution is 5.89. The minimum absolute atomic E-state index is 0.0846. The molecular weight excluding hydrogens is 204 g/mol. The van der Waals surface area contributed by atoms with Crippen molar-refractivity contribution in [2.24, 2.45) is 0 Å². The molecule has 5 heteroatoms. The maximum atomic E-state index is 12.3. The number of pyridine rings is 1. The minimum Gasteiger partial charge on any atom is -0.478 e. The number of nitrogens with zero attached hydrogens (tertiary/aromatic N) is 1. The van der Waals surface area contributed by atoms with Crippen molar-refractivity contribution in [2.75, 3.05) is 0 Å². The molecule has 0 saturated carbocycles. The molecule has 15 heavy (non-hydrogen) atoms. The number of fused-ring (bicyclic) bond motifs is 1. The van der Waals surface area contributed by atoms with E-state index in [1.165, 1.54) is 35.0 Å². The Hall–Kier alpha value is -1.91. The topological polar surface area (TPSA) is 41.7 Å². The number of rotatable bonds is 2. The van der Waals surface area contributed by atoms with Crippen molar-refractivity contribution in [1.82, 2.24) is 4.40 Å². The van der Waals surface area contributed by atoms with E-state index in [0.29, 0.717) is 5.52 Å². The Balaban J connectivity index is 2.57. The fourth-order valence-electron chi connectivity index (χ4n) is 1.37. The number of aromatic nitrogens is 1. The van der Waals surface area contributed by atoms with E-state index in [1.54, 1.807) is 0 Å². The highest BCUT2D eigenvalue weighted by Crippen LogP contribution is 2.20. The summed E-state index contributed by atoms with van der Waals surface area (Å²) in [6, 6.07) is 4.18. The van der Waals surface area contributed by atoms with Crippen molar-refractivity contribution in [2.45, 2.75) is 6.43 Å². The van der Waals surface area contributed by atoms with Crippen molar-refractivity contribution >= 4 is 11.5 Å². The highest BCUT2D eigenvalue weighted by Gasteiger charge is 2.10. The first-order valence-corrected chi connectivity index (χ1v) is 4.21. The van der Waals surface area contributed by atoms with Gasteiger partial charge in [-0.05, 0) is 18.2 Å². The van der Waals surface area contributed by atoms with Crippen molar-refractivity contribution in [3.05, 3.63) is 41.7 Å². The van der Waals surface area contributed by atoms with Crippen LogP contribution in [0.1, 0.15) is 22.3 Å². The summed E-state index contributed by atoms with van der Waals surface area (Å²) in [5.41, 5.74) is 0.535. The summed E-state index contributed by atoms with van der Waals surface area (Å²) >= 11 is 0. The second-order valence-electron chi connectivity index (χ2n) is 3.13. The molecule has 0 aromatic carbocycles. The maximum absolute atomic E-state index is 12.3. The lowest BCUT2D eigenvalue weighted by Crippen LogP contribution is -1.92. The summed E-state index contributed by atoms with van der Waals surface area (Å²) in [7, 11) is 0. The predicted molar refractivity (Wildman–Crippen MR) is 49.3 cm³/mol. The fourth-order valence-corrected chi connectivity index (χ4v) is 1.37. The summed E-state index contributed by atoms with van der Waals surface area (Å²) < 4.78 is 26.0. The maximum Gasteiger partial charge on any atom is 0.337 e. The highest BCUT2D eigenvalue weighted by atomic mass is 19.3. The molecule has 3 nitrogen and oxygen atoms in total. The summed E-state index contributed by atoms with van der Waals surface area (Å²) in [4.78, 5) is 10.6. The summed E-state index contributed by atoms with van der Waals surface area (Å²) in [5.74, 6) is -1.07. The van der Waals surface area contributed by atoms with Crippen LogP contribution in [-0.4, -0.2) is 15.5 Å². The third-order valence-corrected chi connectivity index (χ3v) is 2.11. The lowest BCUT2D eigenvalue weighted by molar-refractivity contribution is 0.0697. The number of halogens is 2. The molecule has 0 bridgehead atoms. The minimum atomic E-state index is -2.55. The second-order valence-corrected chi connectivity index (χ2v) is 3.13. The predicted octanol–water partition coefficient (Wildman–Crippen LogP) is 2.58. The smallest absolute Gasteiger partial charge is 0.337 e. The molecule has 0 amide bonds. The lowest BCUT2D eigenvalue weighted by Gasteiger charge is -2.00. The van der Waals surface area contributed by atoms with Crippen LogP contribution in [-0.2, 0) is 0 Å². The molecule has 78 valence electrons. The molecule has 0 atom stereocenters. The number of carboxylic acids is 1. The van der Waals surface area contributed by atoms with E-state index in [4.69, 9.17) is 5.11 Å². The SMILES string of the molecule is O=C(O)c1cc2ccc(C(F)F)cn2c1. The van der Waals surface area contributed by atoms with Gasteiger partial charge in [0, 0.05) is 23.5 Å². The summed E-state index contributed by atoms with van der Waals surface area (Å²) in [6.07, 6.45) is -0.0132. The van der Waals surface area contributed by atoms with E-state index in [-0.39, 0.29) is 11.1 Å². The molecule has 2 rings (SSSR count). The number of alkyl halides is 2. The first-order chi connectivity index (χ1) is 7.08. The van der Waals surface area contributed by atoms with E-state index < -0.39 is 12.4 Å². The van der Waals surface area contributed by atoms with Gasteiger partial charge in [-0.25, -0.2) is 13.6 Å². The number of aromatic carboxylic acids is 1. The zero-order chi connectivity index (χ0) is 11.0. The molecular formula is C10H7F2NO2. The van der Waals surface area contributed by atoms with Gasteiger partial charge in [0.15, 0.2) is 0 Å². The molecule has 1 N–H and O–H groups in total. The van der Waals surface area contributed by atoms with Crippen LogP contribution < -0.4 is 0 Å². The van der Waals surface area contributed by atoms with Crippen LogP contribution in [0.5, 0.6) is 0 Å². The Morgan fingerprint density at radius 1 is 1.33 bits per heavy atom. The van der Waals surface area contributed by atoms with E-state index in [9.17, 15) is 13.6 Å². The van der Waals surface area contributed by atoms with Crippen LogP contribution >= 0.6 is 0 Å². The van der Waals surface area contributed by atoms with Gasteiger partial charge < -0.3 is 9.51 Å². The monoisotopic (exact) mass is 211 g/mol. The van der Waals surface area contributed by atoms with Gasteiger partial charge in [0.25, 0.3) is 6.43 Å². The van der Waals surface area contributed by atoms with Gasteiger partial charge in [0.05, 0.1) is 5.56 Å². The molecule has 0 aliphatic carbocycles. The van der Waals surface area contributed by atoms with Gasteiger partial charge in [-0.15, -0.1) is 0 Å². The van der Waals surface area contributed by atoms with E-state index in [0.717, 1.165) is 0 Å². The lowest BCUT2D eigenvalue weighted by atomic mass is 10.3. The van der Waals surface area contributed by atoms with Crippen LogP contribution in [0.15, 0.2) is 30.6 Å². The zero-order valence-corrected chi connectivity index (χ0v) is 7.52. The standard InChI is InChI=1S/C10H7F2NO2/c11-9(12)6-1-2-8-3-7(10(14)15)5-13(8)4-6/h1-5,9H,(H,14,15). The van der Waals surface area contributed by atoms with Crippen molar-refractivity contribution < 1.29 is 18.7 Å².